The van der Waals surface area contributed by atoms with Gasteiger partial charge in [0.1, 0.15) is 5.75 Å². The Bertz CT molecular complexity index is 809. The fourth-order valence-corrected chi connectivity index (χ4v) is 6.04. The van der Waals surface area contributed by atoms with E-state index in [9.17, 15) is 9.59 Å². The lowest BCUT2D eigenvalue weighted by atomic mass is 10.1. The molecule has 0 saturated carbocycles. The fraction of sp³-hybridized carbons (Fsp3) is 0.429. The summed E-state index contributed by atoms with van der Waals surface area (Å²) in [5, 5.41) is 2.90. The molecule has 1 aliphatic rings. The third-order valence-corrected chi connectivity index (χ3v) is 7.64. The molecule has 3 rings (SSSR count). The van der Waals surface area contributed by atoms with Crippen molar-refractivity contribution in [2.24, 2.45) is 0 Å². The zero-order chi connectivity index (χ0) is 19.8. The highest BCUT2D eigenvalue weighted by atomic mass is 33.1. The summed E-state index contributed by atoms with van der Waals surface area (Å²) in [6.07, 6.45) is 4.03. The fourth-order valence-electron chi connectivity index (χ4n) is 3.02. The molecule has 0 aliphatic carbocycles. The van der Waals surface area contributed by atoms with Crippen molar-refractivity contribution in [2.45, 2.75) is 50.4 Å². The number of nitrogens with one attached hydrogen (secondary N) is 2. The molecule has 2 unspecified atom stereocenters. The van der Waals surface area contributed by atoms with Gasteiger partial charge in [0.15, 0.2) is 6.10 Å². The molecule has 0 radical (unpaired) electrons. The SMILES string of the molecule is CC(Oc1ccc2ccccc2c1)C(=O)NNC(=O)CCCCC1CCSS1. The van der Waals surface area contributed by atoms with Crippen LogP contribution in [0.3, 0.4) is 0 Å². The smallest absolute Gasteiger partial charge is 0.279 e. The average molecular weight is 419 g/mol. The first-order chi connectivity index (χ1) is 13.6. The van der Waals surface area contributed by atoms with Crippen molar-refractivity contribution in [3.05, 3.63) is 42.5 Å². The Balaban J connectivity index is 1.35. The number of benzene rings is 2. The minimum absolute atomic E-state index is 0.167. The van der Waals surface area contributed by atoms with E-state index in [1.165, 1.54) is 12.2 Å². The van der Waals surface area contributed by atoms with E-state index >= 15 is 0 Å². The van der Waals surface area contributed by atoms with Crippen LogP contribution in [0.2, 0.25) is 0 Å². The van der Waals surface area contributed by atoms with Crippen molar-refractivity contribution in [3.63, 3.8) is 0 Å². The van der Waals surface area contributed by atoms with Crippen LogP contribution in [-0.4, -0.2) is 28.9 Å². The van der Waals surface area contributed by atoms with Crippen LogP contribution >= 0.6 is 21.6 Å². The van der Waals surface area contributed by atoms with E-state index < -0.39 is 6.10 Å². The largest absolute Gasteiger partial charge is 0.481 e. The van der Waals surface area contributed by atoms with E-state index in [0.717, 1.165) is 35.3 Å². The molecule has 1 saturated heterocycles. The maximum absolute atomic E-state index is 12.2. The van der Waals surface area contributed by atoms with E-state index in [4.69, 9.17) is 4.74 Å². The molecule has 5 nitrogen and oxygen atoms in total. The van der Waals surface area contributed by atoms with Crippen LogP contribution in [0.1, 0.15) is 39.0 Å². The Morgan fingerprint density at radius 1 is 1.14 bits per heavy atom. The molecule has 0 spiro atoms. The van der Waals surface area contributed by atoms with Crippen LogP contribution in [0.25, 0.3) is 10.8 Å². The normalized spacial score (nSPS) is 17.2. The summed E-state index contributed by atoms with van der Waals surface area (Å²) in [6, 6.07) is 13.7. The Morgan fingerprint density at radius 2 is 1.96 bits per heavy atom. The van der Waals surface area contributed by atoms with Crippen molar-refractivity contribution in [1.29, 1.82) is 0 Å². The van der Waals surface area contributed by atoms with Gasteiger partial charge in [-0.15, -0.1) is 0 Å². The number of carbonyl (C=O) groups excluding carboxylic acids is 2. The maximum atomic E-state index is 12.2. The lowest BCUT2D eigenvalue weighted by Gasteiger charge is -2.15. The summed E-state index contributed by atoms with van der Waals surface area (Å²) in [5.74, 6) is 1.32. The van der Waals surface area contributed by atoms with Gasteiger partial charge in [-0.1, -0.05) is 58.3 Å². The maximum Gasteiger partial charge on any atom is 0.279 e. The second-order valence-corrected chi connectivity index (χ2v) is 9.67. The molecular weight excluding hydrogens is 392 g/mol. The molecule has 150 valence electrons. The predicted molar refractivity (Wildman–Crippen MR) is 117 cm³/mol. The van der Waals surface area contributed by atoms with Gasteiger partial charge in [0.25, 0.3) is 5.91 Å². The summed E-state index contributed by atoms with van der Waals surface area (Å²) < 4.78 is 5.70. The second kappa shape index (κ2) is 10.6. The zero-order valence-corrected chi connectivity index (χ0v) is 17.6. The number of hydrogen-bond acceptors (Lipinski definition) is 5. The van der Waals surface area contributed by atoms with Crippen LogP contribution < -0.4 is 15.6 Å². The number of carbonyl (C=O) groups is 2. The first-order valence-corrected chi connectivity index (χ1v) is 12.0. The Labute approximate surface area is 173 Å². The van der Waals surface area contributed by atoms with Crippen LogP contribution in [0.15, 0.2) is 42.5 Å². The number of fused-ring (bicyclic) bond motifs is 1. The number of ether oxygens (including phenoxy) is 1. The van der Waals surface area contributed by atoms with Crippen molar-refractivity contribution >= 4 is 44.2 Å². The first kappa shape index (κ1) is 20.9. The average Bonchev–Trinajstić information content (AvgIpc) is 3.23. The topological polar surface area (TPSA) is 67.4 Å². The van der Waals surface area contributed by atoms with Gasteiger partial charge in [0.2, 0.25) is 5.91 Å². The summed E-state index contributed by atoms with van der Waals surface area (Å²) in [5.41, 5.74) is 4.93. The van der Waals surface area contributed by atoms with Crippen LogP contribution in [0, 0.1) is 0 Å². The van der Waals surface area contributed by atoms with Crippen molar-refractivity contribution in [3.8, 4) is 5.75 Å². The van der Waals surface area contributed by atoms with Gasteiger partial charge in [0, 0.05) is 17.4 Å². The molecule has 0 aromatic heterocycles. The molecule has 28 heavy (non-hydrogen) atoms. The van der Waals surface area contributed by atoms with E-state index in [1.807, 2.05) is 64.1 Å². The molecule has 7 heteroatoms. The first-order valence-electron chi connectivity index (χ1n) is 9.64. The second-order valence-electron chi connectivity index (χ2n) is 6.88. The monoisotopic (exact) mass is 418 g/mol. The standard InChI is InChI=1S/C21H26N2O3S2/c1-15(26-18-11-10-16-6-2-3-7-17(16)14-18)21(25)23-22-20(24)9-5-4-8-19-12-13-27-28-19/h2-3,6-7,10-11,14-15,19H,4-5,8-9,12-13H2,1H3,(H,22,24)(H,23,25). The summed E-state index contributed by atoms with van der Waals surface area (Å²) in [4.78, 5) is 24.1. The van der Waals surface area contributed by atoms with Gasteiger partial charge in [-0.05, 0) is 49.1 Å². The van der Waals surface area contributed by atoms with Crippen LogP contribution in [0.4, 0.5) is 0 Å². The lowest BCUT2D eigenvalue weighted by molar-refractivity contribution is -0.132. The molecule has 1 heterocycles. The molecule has 2 atom stereocenters. The number of hydrazine groups is 1. The molecule has 1 fully saturated rings. The van der Waals surface area contributed by atoms with Crippen molar-refractivity contribution in [1.82, 2.24) is 10.9 Å². The van der Waals surface area contributed by atoms with E-state index in [2.05, 4.69) is 10.9 Å². The molecule has 2 N–H and O–H groups in total. The Hall–Kier alpha value is -1.86. The van der Waals surface area contributed by atoms with Gasteiger partial charge in [0.05, 0.1) is 0 Å². The zero-order valence-electron chi connectivity index (χ0n) is 16.0. The van der Waals surface area contributed by atoms with Gasteiger partial charge < -0.3 is 4.74 Å². The molecular formula is C21H26N2O3S2. The highest BCUT2D eigenvalue weighted by Crippen LogP contribution is 2.39. The van der Waals surface area contributed by atoms with Gasteiger partial charge >= 0.3 is 0 Å². The van der Waals surface area contributed by atoms with Crippen molar-refractivity contribution < 1.29 is 14.3 Å². The minimum atomic E-state index is -0.710. The molecule has 1 aliphatic heterocycles. The quantitative estimate of drug-likeness (QED) is 0.376. The van der Waals surface area contributed by atoms with E-state index in [1.54, 1.807) is 6.92 Å². The third kappa shape index (κ3) is 6.34. The summed E-state index contributed by atoms with van der Waals surface area (Å²) >= 11 is 0. The molecule has 2 aromatic rings. The number of unbranched alkanes of at least 4 members (excludes halogenated alkanes) is 1. The predicted octanol–water partition coefficient (Wildman–Crippen LogP) is 4.47. The van der Waals surface area contributed by atoms with E-state index in [0.29, 0.717) is 12.2 Å². The number of hydrogen-bond donors (Lipinski definition) is 2. The molecule has 2 aromatic carbocycles. The highest BCUT2D eigenvalue weighted by Gasteiger charge is 2.17. The summed E-state index contributed by atoms with van der Waals surface area (Å²) in [7, 11) is 3.90. The minimum Gasteiger partial charge on any atom is -0.481 e. The number of rotatable bonds is 8. The highest BCUT2D eigenvalue weighted by molar-refractivity contribution is 8.77. The Morgan fingerprint density at radius 3 is 2.75 bits per heavy atom. The summed E-state index contributed by atoms with van der Waals surface area (Å²) in [6.45, 7) is 1.66. The lowest BCUT2D eigenvalue weighted by Crippen LogP contribution is -2.47. The molecule has 2 amide bonds. The van der Waals surface area contributed by atoms with Crippen molar-refractivity contribution in [2.75, 3.05) is 5.75 Å². The number of amides is 2. The van der Waals surface area contributed by atoms with Crippen LogP contribution in [-0.2, 0) is 9.59 Å². The van der Waals surface area contributed by atoms with Gasteiger partial charge in [-0.25, -0.2) is 0 Å². The third-order valence-electron chi connectivity index (χ3n) is 4.64. The van der Waals surface area contributed by atoms with Gasteiger partial charge in [-0.3, -0.25) is 20.4 Å². The molecule has 0 bridgehead atoms. The van der Waals surface area contributed by atoms with Crippen LogP contribution in [0.5, 0.6) is 5.75 Å². The van der Waals surface area contributed by atoms with E-state index in [-0.39, 0.29) is 11.8 Å². The van der Waals surface area contributed by atoms with Gasteiger partial charge in [-0.2, -0.15) is 0 Å². The Kier molecular flexibility index (Phi) is 7.91.